The van der Waals surface area contributed by atoms with Crippen molar-refractivity contribution >= 4 is 0 Å². The van der Waals surface area contributed by atoms with Crippen LogP contribution in [0.1, 0.15) is 33.6 Å². The van der Waals surface area contributed by atoms with Crippen LogP contribution in [0.2, 0.25) is 0 Å². The molecular formula is C9H20O2. The first-order valence-corrected chi connectivity index (χ1v) is 4.18. The summed E-state index contributed by atoms with van der Waals surface area (Å²) in [5.41, 5.74) is -0.0383. The fourth-order valence-corrected chi connectivity index (χ4v) is 0.787. The second-order valence-electron chi connectivity index (χ2n) is 3.79. The monoisotopic (exact) mass is 160 g/mol. The third kappa shape index (κ3) is 5.22. The van der Waals surface area contributed by atoms with Crippen molar-refractivity contribution in [2.75, 3.05) is 13.7 Å². The van der Waals surface area contributed by atoms with E-state index in [0.29, 0.717) is 5.92 Å². The maximum atomic E-state index is 8.76. The minimum Gasteiger partial charge on any atom is -0.396 e. The van der Waals surface area contributed by atoms with Gasteiger partial charge in [0.15, 0.2) is 0 Å². The average Bonchev–Trinajstić information content (AvgIpc) is 2.00. The van der Waals surface area contributed by atoms with Gasteiger partial charge in [-0.3, -0.25) is 0 Å². The third-order valence-corrected chi connectivity index (χ3v) is 2.10. The molecule has 0 aromatic heterocycles. The predicted octanol–water partition coefficient (Wildman–Crippen LogP) is 1.82. The Morgan fingerprint density at radius 1 is 1.45 bits per heavy atom. The van der Waals surface area contributed by atoms with E-state index in [4.69, 9.17) is 9.84 Å². The van der Waals surface area contributed by atoms with E-state index in [1.165, 1.54) is 0 Å². The van der Waals surface area contributed by atoms with E-state index in [1.54, 1.807) is 7.11 Å². The van der Waals surface area contributed by atoms with Crippen LogP contribution in [0.25, 0.3) is 0 Å². The topological polar surface area (TPSA) is 29.5 Å². The van der Waals surface area contributed by atoms with Crippen LogP contribution in [-0.2, 0) is 4.74 Å². The third-order valence-electron chi connectivity index (χ3n) is 2.10. The fraction of sp³-hybridized carbons (Fsp3) is 1.00. The highest BCUT2D eigenvalue weighted by Crippen LogP contribution is 2.18. The summed E-state index contributed by atoms with van der Waals surface area (Å²) >= 11 is 0. The Kier molecular flexibility index (Phi) is 4.69. The molecule has 1 unspecified atom stereocenters. The second kappa shape index (κ2) is 4.73. The molecule has 1 N–H and O–H groups in total. The molecule has 2 heteroatoms. The molecular weight excluding hydrogens is 140 g/mol. The van der Waals surface area contributed by atoms with Gasteiger partial charge in [0.1, 0.15) is 0 Å². The Bertz CT molecular complexity index is 99.7. The highest BCUT2D eigenvalue weighted by molar-refractivity contribution is 4.68. The molecule has 0 aliphatic rings. The van der Waals surface area contributed by atoms with Crippen molar-refractivity contribution in [3.05, 3.63) is 0 Å². The molecule has 0 spiro atoms. The molecule has 68 valence electrons. The number of aliphatic hydroxyl groups excluding tert-OH is 1. The van der Waals surface area contributed by atoms with Gasteiger partial charge in [0, 0.05) is 13.7 Å². The number of methoxy groups -OCH3 is 1. The average molecular weight is 160 g/mol. The molecule has 0 radical (unpaired) electrons. The summed E-state index contributed by atoms with van der Waals surface area (Å²) in [5, 5.41) is 8.76. The zero-order valence-corrected chi connectivity index (χ0v) is 8.05. The Hall–Kier alpha value is -0.0800. The van der Waals surface area contributed by atoms with E-state index < -0.39 is 0 Å². The molecule has 1 atom stereocenters. The van der Waals surface area contributed by atoms with Crippen molar-refractivity contribution in [3.8, 4) is 0 Å². The van der Waals surface area contributed by atoms with Crippen LogP contribution in [0.5, 0.6) is 0 Å². The van der Waals surface area contributed by atoms with Crippen molar-refractivity contribution in [1.29, 1.82) is 0 Å². The predicted molar refractivity (Wildman–Crippen MR) is 46.6 cm³/mol. The normalized spacial score (nSPS) is 15.0. The van der Waals surface area contributed by atoms with Gasteiger partial charge in [0.2, 0.25) is 0 Å². The van der Waals surface area contributed by atoms with Crippen LogP contribution < -0.4 is 0 Å². The number of hydrogen-bond acceptors (Lipinski definition) is 2. The lowest BCUT2D eigenvalue weighted by molar-refractivity contribution is 0.00904. The number of rotatable bonds is 5. The molecule has 0 bridgehead atoms. The highest BCUT2D eigenvalue weighted by atomic mass is 16.5. The molecule has 0 aliphatic carbocycles. The Morgan fingerprint density at radius 2 is 2.00 bits per heavy atom. The van der Waals surface area contributed by atoms with Crippen molar-refractivity contribution in [1.82, 2.24) is 0 Å². The summed E-state index contributed by atoms with van der Waals surface area (Å²) in [7, 11) is 1.73. The fourth-order valence-electron chi connectivity index (χ4n) is 0.787. The Balaban J connectivity index is 3.52. The van der Waals surface area contributed by atoms with Gasteiger partial charge in [-0.25, -0.2) is 0 Å². The zero-order valence-electron chi connectivity index (χ0n) is 8.05. The van der Waals surface area contributed by atoms with Gasteiger partial charge >= 0.3 is 0 Å². The maximum absolute atomic E-state index is 8.76. The molecule has 0 aromatic carbocycles. The van der Waals surface area contributed by atoms with Crippen molar-refractivity contribution in [3.63, 3.8) is 0 Å². The molecule has 2 nitrogen and oxygen atoms in total. The van der Waals surface area contributed by atoms with Gasteiger partial charge in [0.25, 0.3) is 0 Å². The molecule has 0 aromatic rings. The first-order chi connectivity index (χ1) is 5.02. The van der Waals surface area contributed by atoms with Crippen molar-refractivity contribution in [2.45, 2.75) is 39.2 Å². The highest BCUT2D eigenvalue weighted by Gasteiger charge is 2.16. The minimum atomic E-state index is -0.0383. The zero-order chi connectivity index (χ0) is 8.91. The van der Waals surface area contributed by atoms with Crippen LogP contribution in [0, 0.1) is 5.92 Å². The van der Waals surface area contributed by atoms with E-state index in [2.05, 4.69) is 13.8 Å². The summed E-state index contributed by atoms with van der Waals surface area (Å²) < 4.78 is 5.25. The molecule has 0 aliphatic heterocycles. The molecule has 11 heavy (non-hydrogen) atoms. The Morgan fingerprint density at radius 3 is 2.36 bits per heavy atom. The molecule has 0 amide bonds. The Labute approximate surface area is 69.6 Å². The van der Waals surface area contributed by atoms with Crippen LogP contribution in [0.4, 0.5) is 0 Å². The summed E-state index contributed by atoms with van der Waals surface area (Å²) in [6, 6.07) is 0. The SMILES string of the molecule is COC(C)(C)CCC(C)CO. The molecule has 0 rings (SSSR count). The van der Waals surface area contributed by atoms with Gasteiger partial charge in [-0.2, -0.15) is 0 Å². The standard InChI is InChI=1S/C9H20O2/c1-8(7-10)5-6-9(2,3)11-4/h8,10H,5-7H2,1-4H3. The van der Waals surface area contributed by atoms with Crippen LogP contribution in [0.3, 0.4) is 0 Å². The van der Waals surface area contributed by atoms with Crippen molar-refractivity contribution < 1.29 is 9.84 Å². The molecule has 0 fully saturated rings. The van der Waals surface area contributed by atoms with Gasteiger partial charge in [-0.1, -0.05) is 6.92 Å². The summed E-state index contributed by atoms with van der Waals surface area (Å²) in [6.07, 6.45) is 2.03. The molecule has 0 saturated carbocycles. The molecule has 0 heterocycles. The maximum Gasteiger partial charge on any atom is 0.0622 e. The first-order valence-electron chi connectivity index (χ1n) is 4.18. The summed E-state index contributed by atoms with van der Waals surface area (Å²) in [6.45, 7) is 6.46. The van der Waals surface area contributed by atoms with E-state index in [-0.39, 0.29) is 12.2 Å². The largest absolute Gasteiger partial charge is 0.396 e. The quantitative estimate of drug-likeness (QED) is 0.664. The lowest BCUT2D eigenvalue weighted by Gasteiger charge is -2.23. The molecule has 0 saturated heterocycles. The van der Waals surface area contributed by atoms with Crippen LogP contribution in [-0.4, -0.2) is 24.4 Å². The van der Waals surface area contributed by atoms with E-state index in [9.17, 15) is 0 Å². The van der Waals surface area contributed by atoms with E-state index >= 15 is 0 Å². The smallest absolute Gasteiger partial charge is 0.0622 e. The van der Waals surface area contributed by atoms with Gasteiger partial charge in [0.05, 0.1) is 5.60 Å². The second-order valence-corrected chi connectivity index (χ2v) is 3.79. The van der Waals surface area contributed by atoms with Gasteiger partial charge in [-0.15, -0.1) is 0 Å². The number of hydrogen-bond donors (Lipinski definition) is 1. The van der Waals surface area contributed by atoms with Crippen LogP contribution >= 0.6 is 0 Å². The van der Waals surface area contributed by atoms with E-state index in [0.717, 1.165) is 12.8 Å². The van der Waals surface area contributed by atoms with Gasteiger partial charge in [-0.05, 0) is 32.6 Å². The minimum absolute atomic E-state index is 0.0383. The van der Waals surface area contributed by atoms with E-state index in [1.807, 2.05) is 6.92 Å². The number of ether oxygens (including phenoxy) is 1. The number of aliphatic hydroxyl groups is 1. The summed E-state index contributed by atoms with van der Waals surface area (Å²) in [4.78, 5) is 0. The lowest BCUT2D eigenvalue weighted by Crippen LogP contribution is -2.23. The van der Waals surface area contributed by atoms with Gasteiger partial charge < -0.3 is 9.84 Å². The lowest BCUT2D eigenvalue weighted by atomic mass is 9.96. The summed E-state index contributed by atoms with van der Waals surface area (Å²) in [5.74, 6) is 0.393. The van der Waals surface area contributed by atoms with Crippen molar-refractivity contribution in [2.24, 2.45) is 5.92 Å². The first kappa shape index (κ1) is 10.9. The van der Waals surface area contributed by atoms with Crippen LogP contribution in [0.15, 0.2) is 0 Å².